The lowest BCUT2D eigenvalue weighted by atomic mass is 9.99. The maximum Gasteiger partial charge on any atom is 0.275 e. The van der Waals surface area contributed by atoms with Crippen LogP contribution in [0, 0.1) is 24.2 Å². The van der Waals surface area contributed by atoms with Gasteiger partial charge in [-0.1, -0.05) is 0 Å². The molecule has 1 saturated heterocycles. The molecule has 31 heavy (non-hydrogen) atoms. The number of hydrogen-bond acceptors (Lipinski definition) is 6. The molecule has 166 valence electrons. The fourth-order valence-corrected chi connectivity index (χ4v) is 4.11. The molecule has 3 heterocycles. The third-order valence-corrected chi connectivity index (χ3v) is 5.88. The summed E-state index contributed by atoms with van der Waals surface area (Å²) in [5, 5.41) is 17.8. The Morgan fingerprint density at radius 1 is 1.35 bits per heavy atom. The van der Waals surface area contributed by atoms with E-state index in [9.17, 15) is 24.4 Å². The summed E-state index contributed by atoms with van der Waals surface area (Å²) in [5.74, 6) is -0.983. The number of aromatic nitrogens is 1. The second-order valence-corrected chi connectivity index (χ2v) is 8.27. The van der Waals surface area contributed by atoms with Crippen LogP contribution in [0.25, 0.3) is 0 Å². The summed E-state index contributed by atoms with van der Waals surface area (Å²) >= 11 is 0. The van der Waals surface area contributed by atoms with Crippen molar-refractivity contribution in [2.45, 2.75) is 44.7 Å². The Kier molecular flexibility index (Phi) is 6.63. The summed E-state index contributed by atoms with van der Waals surface area (Å²) < 4.78 is 1.45. The highest BCUT2D eigenvalue weighted by molar-refractivity contribution is 5.83. The molecule has 2 aliphatic rings. The molecule has 0 unspecified atom stereocenters. The average Bonchev–Trinajstić information content (AvgIpc) is 3.33. The van der Waals surface area contributed by atoms with Crippen molar-refractivity contribution in [3.05, 3.63) is 27.7 Å². The summed E-state index contributed by atoms with van der Waals surface area (Å²) in [5.41, 5.74) is 1.39. The van der Waals surface area contributed by atoms with Crippen molar-refractivity contribution in [3.8, 4) is 6.07 Å². The van der Waals surface area contributed by atoms with Gasteiger partial charge in [-0.15, -0.1) is 0 Å². The van der Waals surface area contributed by atoms with Gasteiger partial charge >= 0.3 is 0 Å². The predicted molar refractivity (Wildman–Crippen MR) is 113 cm³/mol. The van der Waals surface area contributed by atoms with Crippen LogP contribution in [-0.4, -0.2) is 60.4 Å². The Labute approximate surface area is 180 Å². The molecule has 3 atom stereocenters. The minimum absolute atomic E-state index is 0.0285. The van der Waals surface area contributed by atoms with Crippen LogP contribution in [0.5, 0.6) is 0 Å². The van der Waals surface area contributed by atoms with E-state index >= 15 is 0 Å². The van der Waals surface area contributed by atoms with Crippen molar-refractivity contribution in [1.29, 1.82) is 5.26 Å². The number of hydrogen-bond donors (Lipinski definition) is 3. The number of rotatable bonds is 7. The molecule has 10 nitrogen and oxygen atoms in total. The summed E-state index contributed by atoms with van der Waals surface area (Å²) in [6, 6.07) is 2.36. The molecule has 1 aromatic rings. The fraction of sp³-hybridized carbons (Fsp3) is 0.571. The van der Waals surface area contributed by atoms with Crippen molar-refractivity contribution >= 4 is 23.4 Å². The smallest absolute Gasteiger partial charge is 0.275 e. The van der Waals surface area contributed by atoms with Gasteiger partial charge in [0.25, 0.3) is 5.56 Å². The zero-order chi connectivity index (χ0) is 22.7. The van der Waals surface area contributed by atoms with Crippen molar-refractivity contribution in [2.24, 2.45) is 5.92 Å². The Hall–Kier alpha value is -3.35. The Balaban J connectivity index is 1.76. The summed E-state index contributed by atoms with van der Waals surface area (Å²) in [4.78, 5) is 51.2. The highest BCUT2D eigenvalue weighted by atomic mass is 16.2. The normalized spacial score (nSPS) is 20.4. The standard InChI is InChI=1S/C21H28N6O4/c1-12-8-15-4-5-16(27(15)21(31)18(12)24-11-17(28)26(2)3)20(30)25-14(10-22)9-13-6-7-23-19(13)29/h8,13-14,16,24H,4-7,9,11H2,1-3H3,(H,23,29)(H,25,30)/t13-,14-,16-/m0/s1. The average molecular weight is 428 g/mol. The van der Waals surface area contributed by atoms with E-state index in [2.05, 4.69) is 22.0 Å². The molecule has 1 aromatic heterocycles. The van der Waals surface area contributed by atoms with Crippen LogP contribution in [0.3, 0.4) is 0 Å². The van der Waals surface area contributed by atoms with Gasteiger partial charge in [0.15, 0.2) is 0 Å². The summed E-state index contributed by atoms with van der Waals surface area (Å²) in [7, 11) is 3.27. The molecule has 0 saturated carbocycles. The number of nitrogens with zero attached hydrogens (tertiary/aromatic N) is 3. The Bertz CT molecular complexity index is 993. The number of fused-ring (bicyclic) bond motifs is 1. The van der Waals surface area contributed by atoms with Gasteiger partial charge in [-0.05, 0) is 44.2 Å². The largest absolute Gasteiger partial charge is 0.371 e. The number of aryl methyl sites for hydroxylation is 2. The Morgan fingerprint density at radius 2 is 2.10 bits per heavy atom. The number of nitriles is 1. The van der Waals surface area contributed by atoms with E-state index in [-0.39, 0.29) is 41.9 Å². The number of carbonyl (C=O) groups excluding carboxylic acids is 3. The summed E-state index contributed by atoms with van der Waals surface area (Å²) in [6.07, 6.45) is 1.89. The van der Waals surface area contributed by atoms with Crippen LogP contribution in [0.15, 0.2) is 10.9 Å². The molecule has 2 aliphatic heterocycles. The van der Waals surface area contributed by atoms with E-state index < -0.39 is 18.0 Å². The molecule has 0 aromatic carbocycles. The minimum atomic E-state index is -0.804. The first-order valence-corrected chi connectivity index (χ1v) is 10.4. The zero-order valence-corrected chi connectivity index (χ0v) is 18.0. The second kappa shape index (κ2) is 9.20. The van der Waals surface area contributed by atoms with E-state index in [4.69, 9.17) is 0 Å². The molecule has 0 bridgehead atoms. The first-order valence-electron chi connectivity index (χ1n) is 10.4. The minimum Gasteiger partial charge on any atom is -0.371 e. The predicted octanol–water partition coefficient (Wildman–Crippen LogP) is -0.321. The number of carbonyl (C=O) groups is 3. The van der Waals surface area contributed by atoms with Gasteiger partial charge in [0.05, 0.1) is 12.6 Å². The third kappa shape index (κ3) is 4.71. The molecule has 1 fully saturated rings. The van der Waals surface area contributed by atoms with Gasteiger partial charge in [0.2, 0.25) is 17.7 Å². The molecular formula is C21H28N6O4. The van der Waals surface area contributed by atoms with Gasteiger partial charge < -0.3 is 20.9 Å². The third-order valence-electron chi connectivity index (χ3n) is 5.88. The van der Waals surface area contributed by atoms with E-state index in [1.807, 2.05) is 6.07 Å². The van der Waals surface area contributed by atoms with E-state index in [0.717, 1.165) is 5.69 Å². The number of anilines is 1. The van der Waals surface area contributed by atoms with Crippen LogP contribution in [0.1, 0.15) is 36.6 Å². The SMILES string of the molecule is Cc1cc2n(c(=O)c1NCC(=O)N(C)C)[C@H](C(=O)N[C@H](C#N)C[C@@H]1CCNC1=O)CC2. The van der Waals surface area contributed by atoms with Crippen molar-refractivity contribution in [2.75, 3.05) is 32.5 Å². The zero-order valence-electron chi connectivity index (χ0n) is 18.0. The first kappa shape index (κ1) is 22.3. The molecule has 0 aliphatic carbocycles. The molecule has 3 amide bonds. The molecule has 0 radical (unpaired) electrons. The molecular weight excluding hydrogens is 400 g/mol. The van der Waals surface area contributed by atoms with E-state index in [1.54, 1.807) is 21.0 Å². The van der Waals surface area contributed by atoms with Gasteiger partial charge in [-0.25, -0.2) is 0 Å². The monoisotopic (exact) mass is 428 g/mol. The van der Waals surface area contributed by atoms with Gasteiger partial charge in [-0.2, -0.15) is 5.26 Å². The van der Waals surface area contributed by atoms with Gasteiger partial charge in [0, 0.05) is 32.3 Å². The Morgan fingerprint density at radius 3 is 2.71 bits per heavy atom. The van der Waals surface area contributed by atoms with Crippen LogP contribution < -0.4 is 21.5 Å². The maximum absolute atomic E-state index is 13.1. The quantitative estimate of drug-likeness (QED) is 0.544. The van der Waals surface area contributed by atoms with Crippen LogP contribution in [-0.2, 0) is 20.8 Å². The molecule has 10 heteroatoms. The number of nitrogens with one attached hydrogen (secondary N) is 3. The fourth-order valence-electron chi connectivity index (χ4n) is 4.11. The molecule has 0 spiro atoms. The lowest BCUT2D eigenvalue weighted by molar-refractivity contribution is -0.127. The first-order chi connectivity index (χ1) is 14.7. The number of amides is 3. The van der Waals surface area contributed by atoms with Crippen molar-refractivity contribution in [1.82, 2.24) is 20.1 Å². The van der Waals surface area contributed by atoms with Gasteiger partial charge in [0.1, 0.15) is 17.8 Å². The number of likely N-dealkylation sites (N-methyl/N-ethyl adjacent to an activating group) is 1. The van der Waals surface area contributed by atoms with Crippen molar-refractivity contribution in [3.63, 3.8) is 0 Å². The lowest BCUT2D eigenvalue weighted by Gasteiger charge is -2.20. The molecule has 3 rings (SSSR count). The van der Waals surface area contributed by atoms with E-state index in [0.29, 0.717) is 31.4 Å². The van der Waals surface area contributed by atoms with Crippen molar-refractivity contribution < 1.29 is 14.4 Å². The second-order valence-electron chi connectivity index (χ2n) is 8.27. The van der Waals surface area contributed by atoms with Crippen LogP contribution >= 0.6 is 0 Å². The van der Waals surface area contributed by atoms with Gasteiger partial charge in [-0.3, -0.25) is 23.7 Å². The maximum atomic E-state index is 13.1. The molecule has 3 N–H and O–H groups in total. The summed E-state index contributed by atoms with van der Waals surface area (Å²) in [6.45, 7) is 2.34. The number of pyridine rings is 1. The topological polar surface area (TPSA) is 136 Å². The van der Waals surface area contributed by atoms with Crippen LogP contribution in [0.2, 0.25) is 0 Å². The highest BCUT2D eigenvalue weighted by Gasteiger charge is 2.33. The highest BCUT2D eigenvalue weighted by Crippen LogP contribution is 2.27. The lowest BCUT2D eigenvalue weighted by Crippen LogP contribution is -2.42. The van der Waals surface area contributed by atoms with Crippen LogP contribution in [0.4, 0.5) is 5.69 Å². The van der Waals surface area contributed by atoms with E-state index in [1.165, 1.54) is 9.47 Å².